The Labute approximate surface area is 185 Å². The van der Waals surface area contributed by atoms with E-state index in [4.69, 9.17) is 4.74 Å². The van der Waals surface area contributed by atoms with Crippen molar-refractivity contribution in [2.75, 3.05) is 7.05 Å². The molecule has 1 atom stereocenters. The van der Waals surface area contributed by atoms with Gasteiger partial charge in [-0.25, -0.2) is 0 Å². The number of aliphatic hydroxyl groups is 1. The molecule has 0 saturated heterocycles. The summed E-state index contributed by atoms with van der Waals surface area (Å²) in [5, 5.41) is 15.0. The first-order valence-electron chi connectivity index (χ1n) is 9.42. The zero-order valence-corrected chi connectivity index (χ0v) is 18.1. The monoisotopic (exact) mass is 459 g/mol. The van der Waals surface area contributed by atoms with E-state index in [0.717, 1.165) is 6.08 Å². The van der Waals surface area contributed by atoms with Gasteiger partial charge in [0.2, 0.25) is 0 Å². The molecule has 1 unspecified atom stereocenters. The van der Waals surface area contributed by atoms with Crippen molar-refractivity contribution in [1.82, 2.24) is 15.6 Å². The Morgan fingerprint density at radius 1 is 1.19 bits per heavy atom. The van der Waals surface area contributed by atoms with E-state index >= 15 is 0 Å². The normalized spacial score (nSPS) is 13.8. The second-order valence-electron chi connectivity index (χ2n) is 6.73. The van der Waals surface area contributed by atoms with E-state index in [2.05, 4.69) is 15.6 Å². The zero-order valence-electron chi connectivity index (χ0n) is 16.9. The van der Waals surface area contributed by atoms with Crippen LogP contribution >= 0.6 is 9.24 Å². The molecule has 1 aliphatic carbocycles. The molecule has 10 heteroatoms. The lowest BCUT2D eigenvalue weighted by Gasteiger charge is -2.13. The van der Waals surface area contributed by atoms with Gasteiger partial charge < -0.3 is 20.5 Å². The zero-order chi connectivity index (χ0) is 23.3. The first-order valence-corrected chi connectivity index (χ1v) is 10.00. The summed E-state index contributed by atoms with van der Waals surface area (Å²) in [6.45, 7) is 0. The lowest BCUT2D eigenvalue weighted by atomic mass is 10.1. The molecule has 1 aromatic carbocycles. The lowest BCUT2D eigenvalue weighted by Crippen LogP contribution is -2.24. The van der Waals surface area contributed by atoms with Crippen LogP contribution in [0.3, 0.4) is 0 Å². The van der Waals surface area contributed by atoms with Crippen LogP contribution < -0.4 is 15.4 Å². The molecule has 0 fully saturated rings. The summed E-state index contributed by atoms with van der Waals surface area (Å²) in [5.41, 5.74) is -3.37. The molecule has 0 saturated carbocycles. The molecular weight excluding hydrogens is 439 g/mol. The minimum atomic E-state index is -3.22. The fourth-order valence-corrected chi connectivity index (χ4v) is 2.95. The van der Waals surface area contributed by atoms with Gasteiger partial charge in [0.15, 0.2) is 0 Å². The SMILES string of the molecule is CNC(=O)c1cc(Oc2cccc(C(=O)NC3=C(O)CC=CC(C(F)(F)P)=C3)c2)ccn1. The topological polar surface area (TPSA) is 101 Å². The van der Waals surface area contributed by atoms with Gasteiger partial charge in [-0.1, -0.05) is 27.5 Å². The van der Waals surface area contributed by atoms with Crippen LogP contribution in [0, 0.1) is 0 Å². The van der Waals surface area contributed by atoms with Crippen molar-refractivity contribution < 1.29 is 28.2 Å². The van der Waals surface area contributed by atoms with Gasteiger partial charge in [-0.15, -0.1) is 0 Å². The Bertz CT molecular complexity index is 1140. The van der Waals surface area contributed by atoms with Crippen molar-refractivity contribution >= 4 is 21.1 Å². The fraction of sp³-hybridized carbons (Fsp3) is 0.136. The van der Waals surface area contributed by atoms with Gasteiger partial charge in [0.05, 0.1) is 5.70 Å². The largest absolute Gasteiger partial charge is 0.510 e. The summed E-state index contributed by atoms with van der Waals surface area (Å²) in [6.07, 6.45) is 5.02. The number of amides is 2. The maximum Gasteiger partial charge on any atom is 0.283 e. The maximum absolute atomic E-state index is 13.7. The highest BCUT2D eigenvalue weighted by atomic mass is 31.0. The Morgan fingerprint density at radius 2 is 1.94 bits per heavy atom. The summed E-state index contributed by atoms with van der Waals surface area (Å²) in [5.74, 6) is -0.605. The molecule has 1 heterocycles. The second kappa shape index (κ2) is 9.70. The summed E-state index contributed by atoms with van der Waals surface area (Å²) >= 11 is 0. The first-order chi connectivity index (χ1) is 15.2. The van der Waals surface area contributed by atoms with Gasteiger partial charge in [0.25, 0.3) is 17.5 Å². The van der Waals surface area contributed by atoms with E-state index < -0.39 is 11.6 Å². The van der Waals surface area contributed by atoms with Gasteiger partial charge in [0, 0.05) is 36.9 Å². The highest BCUT2D eigenvalue weighted by Crippen LogP contribution is 2.34. The molecule has 7 nitrogen and oxygen atoms in total. The van der Waals surface area contributed by atoms with Gasteiger partial charge in [-0.3, -0.25) is 14.6 Å². The van der Waals surface area contributed by atoms with Gasteiger partial charge in [-0.2, -0.15) is 8.78 Å². The third kappa shape index (κ3) is 5.76. The number of benzene rings is 1. The van der Waals surface area contributed by atoms with Crippen molar-refractivity contribution in [2.24, 2.45) is 0 Å². The fourth-order valence-electron chi connectivity index (χ4n) is 2.77. The second-order valence-corrected chi connectivity index (χ2v) is 7.45. The van der Waals surface area contributed by atoms with E-state index in [1.807, 2.05) is 0 Å². The molecular formula is C22H20F2N3O4P. The highest BCUT2D eigenvalue weighted by Gasteiger charge is 2.27. The van der Waals surface area contributed by atoms with Crippen LogP contribution in [0.4, 0.5) is 8.78 Å². The van der Waals surface area contributed by atoms with Crippen LogP contribution in [0.1, 0.15) is 27.3 Å². The number of carbonyl (C=O) groups is 2. The molecule has 0 bridgehead atoms. The lowest BCUT2D eigenvalue weighted by molar-refractivity contribution is 0.0953. The number of carbonyl (C=O) groups excluding carboxylic acids is 2. The average Bonchev–Trinajstić information content (AvgIpc) is 2.95. The Balaban J connectivity index is 1.79. The molecule has 2 amide bonds. The van der Waals surface area contributed by atoms with Crippen LogP contribution in [-0.2, 0) is 0 Å². The maximum atomic E-state index is 13.7. The Morgan fingerprint density at radius 3 is 2.66 bits per heavy atom. The summed E-state index contributed by atoms with van der Waals surface area (Å²) in [6, 6.07) is 9.13. The molecule has 1 aliphatic rings. The van der Waals surface area contributed by atoms with E-state index in [-0.39, 0.29) is 40.6 Å². The number of nitrogens with one attached hydrogen (secondary N) is 2. The average molecular weight is 459 g/mol. The predicted molar refractivity (Wildman–Crippen MR) is 118 cm³/mol. The van der Waals surface area contributed by atoms with E-state index in [0.29, 0.717) is 11.5 Å². The molecule has 1 aromatic heterocycles. The van der Waals surface area contributed by atoms with Crippen LogP contribution in [0.15, 0.2) is 77.9 Å². The number of halogens is 2. The van der Waals surface area contributed by atoms with Crippen LogP contribution in [0.2, 0.25) is 0 Å². The quantitative estimate of drug-likeness (QED) is 0.565. The first kappa shape index (κ1) is 23.1. The molecule has 3 N–H and O–H groups in total. The molecule has 3 rings (SSSR count). The minimum absolute atomic E-state index is 0.00474. The molecule has 166 valence electrons. The number of alkyl halides is 2. The van der Waals surface area contributed by atoms with Gasteiger partial charge in [-0.05, 0) is 30.3 Å². The predicted octanol–water partition coefficient (Wildman–Crippen LogP) is 4.09. The van der Waals surface area contributed by atoms with E-state index in [1.54, 1.807) is 18.2 Å². The van der Waals surface area contributed by atoms with Crippen molar-refractivity contribution in [3.8, 4) is 11.5 Å². The van der Waals surface area contributed by atoms with E-state index in [9.17, 15) is 23.5 Å². The van der Waals surface area contributed by atoms with E-state index in [1.165, 1.54) is 52.8 Å². The Hall–Kier alpha value is -3.58. The van der Waals surface area contributed by atoms with Crippen molar-refractivity contribution in [3.05, 3.63) is 89.1 Å². The van der Waals surface area contributed by atoms with Crippen molar-refractivity contribution in [2.45, 2.75) is 12.1 Å². The smallest absolute Gasteiger partial charge is 0.283 e. The van der Waals surface area contributed by atoms with Gasteiger partial charge >= 0.3 is 0 Å². The van der Waals surface area contributed by atoms with Crippen molar-refractivity contribution in [1.29, 1.82) is 0 Å². The molecule has 2 aromatic rings. The van der Waals surface area contributed by atoms with Crippen molar-refractivity contribution in [3.63, 3.8) is 0 Å². The number of hydrogen-bond acceptors (Lipinski definition) is 5. The molecule has 0 spiro atoms. The van der Waals surface area contributed by atoms with Crippen LogP contribution in [0.25, 0.3) is 0 Å². The minimum Gasteiger partial charge on any atom is -0.510 e. The number of aliphatic hydroxyl groups excluding tert-OH is 1. The van der Waals surface area contributed by atoms with Crippen LogP contribution in [-0.4, -0.2) is 34.6 Å². The Kier molecular flexibility index (Phi) is 7.00. The number of rotatable bonds is 6. The van der Waals surface area contributed by atoms with Gasteiger partial charge in [0.1, 0.15) is 23.0 Å². The molecule has 0 radical (unpaired) electrons. The number of allylic oxidation sites excluding steroid dienone is 4. The van der Waals surface area contributed by atoms with Crippen LogP contribution in [0.5, 0.6) is 11.5 Å². The third-order valence-corrected chi connectivity index (χ3v) is 4.71. The molecule has 0 aliphatic heterocycles. The highest BCUT2D eigenvalue weighted by molar-refractivity contribution is 7.18. The summed E-state index contributed by atoms with van der Waals surface area (Å²) < 4.78 is 33.1. The standard InChI is InChI=1S/C22H20F2N3O4P/c1-25-21(30)18-12-16(8-9-26-18)31-15-6-2-4-13(10-15)20(29)27-17-11-14(22(23,24)32)5-3-7-19(17)28/h2-6,8-12,28H,7,32H2,1H3,(H,25,30)(H,27,29). The number of pyridine rings is 1. The summed E-state index contributed by atoms with van der Waals surface area (Å²) in [4.78, 5) is 28.4. The molecule has 32 heavy (non-hydrogen) atoms. The number of ether oxygens (including phenoxy) is 1. The third-order valence-electron chi connectivity index (χ3n) is 4.38. The number of aromatic nitrogens is 1. The number of nitrogens with zero attached hydrogens (tertiary/aromatic N) is 1. The summed E-state index contributed by atoms with van der Waals surface area (Å²) in [7, 11) is 2.90. The number of hydrogen-bond donors (Lipinski definition) is 3.